The number of nitrogens with two attached hydrogens (primary N) is 1. The molecule has 0 spiro atoms. The van der Waals surface area contributed by atoms with Gasteiger partial charge in [0.2, 0.25) is 0 Å². The molecule has 0 saturated heterocycles. The molecule has 0 aromatic carbocycles. The summed E-state index contributed by atoms with van der Waals surface area (Å²) in [6.07, 6.45) is 3.24. The fourth-order valence-corrected chi connectivity index (χ4v) is 1.48. The van der Waals surface area contributed by atoms with Crippen molar-refractivity contribution in [2.24, 2.45) is 7.05 Å². The SMILES string of the molecule is Cc1nn(C)cc1NC(=O)c1cc(N)ccn1. The maximum atomic E-state index is 11.9. The average molecular weight is 231 g/mol. The molecule has 0 aliphatic rings. The number of anilines is 2. The van der Waals surface area contributed by atoms with Crippen molar-refractivity contribution in [1.82, 2.24) is 14.8 Å². The fourth-order valence-electron chi connectivity index (χ4n) is 1.48. The number of nitrogens with one attached hydrogen (secondary N) is 1. The Morgan fingerprint density at radius 1 is 1.53 bits per heavy atom. The van der Waals surface area contributed by atoms with E-state index in [-0.39, 0.29) is 11.6 Å². The summed E-state index contributed by atoms with van der Waals surface area (Å²) >= 11 is 0. The van der Waals surface area contributed by atoms with Crippen molar-refractivity contribution in [2.75, 3.05) is 11.1 Å². The van der Waals surface area contributed by atoms with Crippen LogP contribution in [-0.4, -0.2) is 20.7 Å². The second-order valence-corrected chi connectivity index (χ2v) is 3.73. The van der Waals surface area contributed by atoms with Gasteiger partial charge in [-0.2, -0.15) is 5.10 Å². The molecule has 6 nitrogen and oxygen atoms in total. The summed E-state index contributed by atoms with van der Waals surface area (Å²) < 4.78 is 1.64. The number of amides is 1. The van der Waals surface area contributed by atoms with E-state index in [0.29, 0.717) is 11.4 Å². The Kier molecular flexibility index (Phi) is 2.78. The summed E-state index contributed by atoms with van der Waals surface area (Å²) in [6, 6.07) is 3.16. The monoisotopic (exact) mass is 231 g/mol. The molecule has 2 aromatic rings. The van der Waals surface area contributed by atoms with Crippen molar-refractivity contribution in [3.8, 4) is 0 Å². The first-order valence-corrected chi connectivity index (χ1v) is 5.09. The quantitative estimate of drug-likeness (QED) is 0.806. The normalized spacial score (nSPS) is 10.2. The van der Waals surface area contributed by atoms with E-state index in [9.17, 15) is 4.79 Å². The predicted octanol–water partition coefficient (Wildman–Crippen LogP) is 0.958. The van der Waals surface area contributed by atoms with E-state index >= 15 is 0 Å². The first kappa shape index (κ1) is 11.1. The predicted molar refractivity (Wildman–Crippen MR) is 64.5 cm³/mol. The molecule has 3 N–H and O–H groups in total. The lowest BCUT2D eigenvalue weighted by Gasteiger charge is -2.03. The Balaban J connectivity index is 2.20. The van der Waals surface area contributed by atoms with Crippen LogP contribution in [-0.2, 0) is 7.05 Å². The van der Waals surface area contributed by atoms with E-state index in [0.717, 1.165) is 5.69 Å². The van der Waals surface area contributed by atoms with Gasteiger partial charge in [0.1, 0.15) is 5.69 Å². The molecular formula is C11H13N5O. The lowest BCUT2D eigenvalue weighted by atomic mass is 10.3. The van der Waals surface area contributed by atoms with E-state index in [4.69, 9.17) is 5.73 Å². The van der Waals surface area contributed by atoms with Crippen molar-refractivity contribution >= 4 is 17.3 Å². The average Bonchev–Trinajstić information content (AvgIpc) is 2.57. The molecule has 88 valence electrons. The fraction of sp³-hybridized carbons (Fsp3) is 0.182. The number of aryl methyl sites for hydroxylation is 2. The van der Waals surface area contributed by atoms with E-state index < -0.39 is 0 Å². The van der Waals surface area contributed by atoms with Crippen LogP contribution in [0, 0.1) is 6.92 Å². The zero-order valence-electron chi connectivity index (χ0n) is 9.64. The Labute approximate surface area is 98.5 Å². The summed E-state index contributed by atoms with van der Waals surface area (Å²) in [5.74, 6) is -0.298. The number of nitrogen functional groups attached to an aromatic ring is 1. The second-order valence-electron chi connectivity index (χ2n) is 3.73. The maximum Gasteiger partial charge on any atom is 0.274 e. The molecule has 0 saturated carbocycles. The van der Waals surface area contributed by atoms with Crippen LogP contribution in [0.3, 0.4) is 0 Å². The van der Waals surface area contributed by atoms with Crippen LogP contribution >= 0.6 is 0 Å². The Bertz CT molecular complexity index is 561. The smallest absolute Gasteiger partial charge is 0.274 e. The van der Waals surface area contributed by atoms with E-state index in [2.05, 4.69) is 15.4 Å². The molecular weight excluding hydrogens is 218 g/mol. The minimum absolute atomic E-state index is 0.285. The molecule has 6 heteroatoms. The third-order valence-electron chi connectivity index (χ3n) is 2.28. The highest BCUT2D eigenvalue weighted by molar-refractivity contribution is 6.03. The van der Waals surface area contributed by atoms with E-state index in [1.54, 1.807) is 24.0 Å². The Hall–Kier alpha value is -2.37. The summed E-state index contributed by atoms with van der Waals surface area (Å²) in [4.78, 5) is 15.8. The number of aromatic nitrogens is 3. The van der Waals surface area contributed by atoms with Crippen molar-refractivity contribution < 1.29 is 4.79 Å². The number of nitrogens with zero attached hydrogens (tertiary/aromatic N) is 3. The zero-order chi connectivity index (χ0) is 12.4. The van der Waals surface area contributed by atoms with Gasteiger partial charge in [-0.3, -0.25) is 14.5 Å². The van der Waals surface area contributed by atoms with Crippen LogP contribution in [0.1, 0.15) is 16.2 Å². The maximum absolute atomic E-state index is 11.9. The number of rotatable bonds is 2. The molecule has 2 heterocycles. The van der Waals surface area contributed by atoms with Gasteiger partial charge in [0.15, 0.2) is 0 Å². The number of hydrogen-bond donors (Lipinski definition) is 2. The van der Waals surface area contributed by atoms with Gasteiger partial charge in [-0.1, -0.05) is 0 Å². The Morgan fingerprint density at radius 3 is 2.88 bits per heavy atom. The standard InChI is InChI=1S/C11H13N5O/c1-7-10(6-16(2)15-7)14-11(17)9-5-8(12)3-4-13-9/h3-6H,1-2H3,(H2,12,13)(H,14,17). The molecule has 0 aliphatic heterocycles. The van der Waals surface area contributed by atoms with Crippen molar-refractivity contribution in [2.45, 2.75) is 6.92 Å². The van der Waals surface area contributed by atoms with Gasteiger partial charge in [0.05, 0.1) is 11.4 Å². The molecule has 0 unspecified atom stereocenters. The first-order chi connectivity index (χ1) is 8.06. The first-order valence-electron chi connectivity index (χ1n) is 5.09. The van der Waals surface area contributed by atoms with Gasteiger partial charge in [0.25, 0.3) is 5.91 Å². The molecule has 0 fully saturated rings. The Morgan fingerprint density at radius 2 is 2.29 bits per heavy atom. The molecule has 0 atom stereocenters. The molecule has 17 heavy (non-hydrogen) atoms. The molecule has 0 aliphatic carbocycles. The minimum atomic E-state index is -0.298. The highest BCUT2D eigenvalue weighted by atomic mass is 16.1. The summed E-state index contributed by atoms with van der Waals surface area (Å²) in [5.41, 5.74) is 7.80. The van der Waals surface area contributed by atoms with E-state index in [1.807, 2.05) is 6.92 Å². The number of hydrogen-bond acceptors (Lipinski definition) is 4. The largest absolute Gasteiger partial charge is 0.399 e. The van der Waals surface area contributed by atoms with Crippen LogP contribution < -0.4 is 11.1 Å². The van der Waals surface area contributed by atoms with Gasteiger partial charge in [-0.15, -0.1) is 0 Å². The minimum Gasteiger partial charge on any atom is -0.399 e. The molecule has 0 bridgehead atoms. The third kappa shape index (κ3) is 2.41. The molecule has 1 amide bonds. The van der Waals surface area contributed by atoms with Crippen LogP contribution in [0.2, 0.25) is 0 Å². The zero-order valence-corrected chi connectivity index (χ0v) is 9.64. The van der Waals surface area contributed by atoms with Crippen molar-refractivity contribution in [3.05, 3.63) is 35.9 Å². The number of carbonyl (C=O) groups excluding carboxylic acids is 1. The molecule has 2 aromatic heterocycles. The van der Waals surface area contributed by atoms with Crippen LogP contribution in [0.25, 0.3) is 0 Å². The van der Waals surface area contributed by atoms with Crippen molar-refractivity contribution in [1.29, 1.82) is 0 Å². The van der Waals surface area contributed by atoms with Crippen molar-refractivity contribution in [3.63, 3.8) is 0 Å². The summed E-state index contributed by atoms with van der Waals surface area (Å²) in [6.45, 7) is 1.82. The van der Waals surface area contributed by atoms with Gasteiger partial charge < -0.3 is 11.1 Å². The van der Waals surface area contributed by atoms with Crippen LogP contribution in [0.5, 0.6) is 0 Å². The topological polar surface area (TPSA) is 85.8 Å². The molecule has 2 rings (SSSR count). The van der Waals surface area contributed by atoms with Crippen LogP contribution in [0.4, 0.5) is 11.4 Å². The number of pyridine rings is 1. The van der Waals surface area contributed by atoms with E-state index in [1.165, 1.54) is 12.3 Å². The summed E-state index contributed by atoms with van der Waals surface area (Å²) in [5, 5.41) is 6.87. The highest BCUT2D eigenvalue weighted by Crippen LogP contribution is 2.13. The van der Waals surface area contributed by atoms with Gasteiger partial charge in [-0.05, 0) is 19.1 Å². The second kappa shape index (κ2) is 4.25. The summed E-state index contributed by atoms with van der Waals surface area (Å²) in [7, 11) is 1.79. The van der Waals surface area contributed by atoms with Crippen LogP contribution in [0.15, 0.2) is 24.5 Å². The van der Waals surface area contributed by atoms with Gasteiger partial charge >= 0.3 is 0 Å². The van der Waals surface area contributed by atoms with Gasteiger partial charge in [-0.25, -0.2) is 0 Å². The highest BCUT2D eigenvalue weighted by Gasteiger charge is 2.11. The van der Waals surface area contributed by atoms with Gasteiger partial charge in [0, 0.05) is 25.1 Å². The third-order valence-corrected chi connectivity index (χ3v) is 2.28. The lowest BCUT2D eigenvalue weighted by molar-refractivity contribution is 0.102. The molecule has 0 radical (unpaired) electrons. The number of carbonyl (C=O) groups is 1. The lowest BCUT2D eigenvalue weighted by Crippen LogP contribution is -2.14.